The Hall–Kier alpha value is -0.660. The second kappa shape index (κ2) is 7.94. The van der Waals surface area contributed by atoms with E-state index in [1.807, 2.05) is 19.0 Å². The quantitative estimate of drug-likeness (QED) is 0.626. The van der Waals surface area contributed by atoms with Gasteiger partial charge in [-0.2, -0.15) is 0 Å². The molecule has 1 amide bonds. The first-order valence-electron chi connectivity index (χ1n) is 8.28. The molecule has 0 aromatic carbocycles. The zero-order valence-electron chi connectivity index (χ0n) is 15.5. The van der Waals surface area contributed by atoms with E-state index in [2.05, 4.69) is 18.7 Å². The molecule has 0 radical (unpaired) electrons. The Bertz CT molecular complexity index is 495. The molecule has 0 N–H and O–H groups in total. The maximum Gasteiger partial charge on any atom is 0.225 e. The molecular weight excluding hydrogens is 314 g/mol. The minimum atomic E-state index is -3.11. The fraction of sp³-hybridized carbons (Fsp3) is 0.938. The van der Waals surface area contributed by atoms with E-state index < -0.39 is 10.0 Å². The van der Waals surface area contributed by atoms with Crippen molar-refractivity contribution in [2.75, 3.05) is 53.6 Å². The van der Waals surface area contributed by atoms with Gasteiger partial charge in [0.05, 0.1) is 5.75 Å². The first kappa shape index (κ1) is 20.4. The summed E-state index contributed by atoms with van der Waals surface area (Å²) in [6.45, 7) is 6.57. The van der Waals surface area contributed by atoms with E-state index in [4.69, 9.17) is 0 Å². The molecular formula is C16H33N3O3S. The number of sulfonamides is 1. The van der Waals surface area contributed by atoms with Gasteiger partial charge < -0.3 is 9.80 Å². The normalized spacial score (nSPS) is 18.3. The fourth-order valence-corrected chi connectivity index (χ4v) is 3.86. The maximum atomic E-state index is 12.3. The van der Waals surface area contributed by atoms with Gasteiger partial charge in [-0.3, -0.25) is 4.79 Å². The van der Waals surface area contributed by atoms with Crippen LogP contribution in [0.4, 0.5) is 0 Å². The Kier molecular flexibility index (Phi) is 7.04. The van der Waals surface area contributed by atoms with E-state index in [1.54, 1.807) is 14.1 Å². The van der Waals surface area contributed by atoms with Crippen LogP contribution in [-0.2, 0) is 14.8 Å². The first-order chi connectivity index (χ1) is 10.4. The molecule has 23 heavy (non-hydrogen) atoms. The molecule has 0 aromatic heterocycles. The third-order valence-electron chi connectivity index (χ3n) is 4.64. The maximum absolute atomic E-state index is 12.3. The highest BCUT2D eigenvalue weighted by Crippen LogP contribution is 2.45. The molecule has 0 unspecified atom stereocenters. The van der Waals surface area contributed by atoms with E-state index >= 15 is 0 Å². The summed E-state index contributed by atoms with van der Waals surface area (Å²) < 4.78 is 24.6. The third kappa shape index (κ3) is 6.39. The van der Waals surface area contributed by atoms with Gasteiger partial charge in [-0.25, -0.2) is 12.7 Å². The molecule has 0 aliphatic heterocycles. The van der Waals surface area contributed by atoms with Gasteiger partial charge >= 0.3 is 0 Å². The average Bonchev–Trinajstić information content (AvgIpc) is 2.40. The van der Waals surface area contributed by atoms with Crippen LogP contribution >= 0.6 is 0 Å². The summed E-state index contributed by atoms with van der Waals surface area (Å²) in [7, 11) is 3.82. The van der Waals surface area contributed by atoms with Gasteiger partial charge in [-0.05, 0) is 38.3 Å². The van der Waals surface area contributed by atoms with Gasteiger partial charge in [0.25, 0.3) is 0 Å². The highest BCUT2D eigenvalue weighted by Gasteiger charge is 2.41. The van der Waals surface area contributed by atoms with E-state index in [9.17, 15) is 13.2 Å². The fourth-order valence-electron chi connectivity index (χ4n) is 3.00. The summed E-state index contributed by atoms with van der Waals surface area (Å²) in [5.74, 6) is 0.592. The smallest absolute Gasteiger partial charge is 0.225 e. The lowest BCUT2D eigenvalue weighted by atomic mass is 9.64. The SMILES string of the molecule is CN(CCCS(=O)(=O)N(C)C)CCN(C)C(=O)C1CC(C)(C)C1. The summed E-state index contributed by atoms with van der Waals surface area (Å²) in [5, 5.41) is 0. The number of carbonyl (C=O) groups is 1. The van der Waals surface area contributed by atoms with Crippen LogP contribution in [0.2, 0.25) is 0 Å². The second-order valence-electron chi connectivity index (χ2n) is 7.78. The van der Waals surface area contributed by atoms with Gasteiger partial charge in [-0.1, -0.05) is 13.8 Å². The van der Waals surface area contributed by atoms with Crippen molar-refractivity contribution in [3.63, 3.8) is 0 Å². The lowest BCUT2D eigenvalue weighted by molar-refractivity contribution is -0.141. The molecule has 1 aliphatic rings. The van der Waals surface area contributed by atoms with Gasteiger partial charge in [0, 0.05) is 40.2 Å². The summed E-state index contributed by atoms with van der Waals surface area (Å²) in [6, 6.07) is 0. The van der Waals surface area contributed by atoms with Crippen LogP contribution in [0.25, 0.3) is 0 Å². The van der Waals surface area contributed by atoms with Crippen LogP contribution in [0.3, 0.4) is 0 Å². The van der Waals surface area contributed by atoms with Crippen molar-refractivity contribution in [2.24, 2.45) is 11.3 Å². The molecule has 0 spiro atoms. The molecule has 0 atom stereocenters. The number of carbonyl (C=O) groups excluding carboxylic acids is 1. The van der Waals surface area contributed by atoms with Crippen molar-refractivity contribution in [1.82, 2.24) is 14.1 Å². The monoisotopic (exact) mass is 347 g/mol. The number of nitrogens with zero attached hydrogens (tertiary/aromatic N) is 3. The van der Waals surface area contributed by atoms with Crippen molar-refractivity contribution in [3.8, 4) is 0 Å². The molecule has 0 aromatic rings. The van der Waals surface area contributed by atoms with Crippen LogP contribution in [-0.4, -0.2) is 82.0 Å². The van der Waals surface area contributed by atoms with E-state index in [-0.39, 0.29) is 17.6 Å². The van der Waals surface area contributed by atoms with Crippen LogP contribution in [0.1, 0.15) is 33.1 Å². The van der Waals surface area contributed by atoms with E-state index in [0.29, 0.717) is 24.9 Å². The molecule has 0 saturated heterocycles. The van der Waals surface area contributed by atoms with Gasteiger partial charge in [0.2, 0.25) is 15.9 Å². The molecule has 1 fully saturated rings. The Morgan fingerprint density at radius 2 is 1.61 bits per heavy atom. The van der Waals surface area contributed by atoms with Crippen molar-refractivity contribution < 1.29 is 13.2 Å². The summed E-state index contributed by atoms with van der Waals surface area (Å²) >= 11 is 0. The highest BCUT2D eigenvalue weighted by atomic mass is 32.2. The molecule has 0 bridgehead atoms. The number of likely N-dealkylation sites (N-methyl/N-ethyl adjacent to an activating group) is 2. The molecule has 7 heteroatoms. The zero-order valence-corrected chi connectivity index (χ0v) is 16.3. The van der Waals surface area contributed by atoms with Gasteiger partial charge in [0.15, 0.2) is 0 Å². The predicted molar refractivity (Wildman–Crippen MR) is 93.7 cm³/mol. The highest BCUT2D eigenvalue weighted by molar-refractivity contribution is 7.89. The van der Waals surface area contributed by atoms with Crippen molar-refractivity contribution in [1.29, 1.82) is 0 Å². The number of hydrogen-bond donors (Lipinski definition) is 0. The minimum absolute atomic E-state index is 0.163. The third-order valence-corrected chi connectivity index (χ3v) is 6.56. The lowest BCUT2D eigenvalue weighted by Crippen LogP contribution is -2.45. The summed E-state index contributed by atoms with van der Waals surface area (Å²) in [5.41, 5.74) is 0.315. The number of rotatable bonds is 9. The molecule has 136 valence electrons. The minimum Gasteiger partial charge on any atom is -0.344 e. The standard InChI is InChI=1S/C16H33N3O3S/c1-16(2)12-14(13-16)15(20)19(6)10-9-18(5)8-7-11-23(21,22)17(3)4/h14H,7-13H2,1-6H3. The van der Waals surface area contributed by atoms with Crippen LogP contribution in [0, 0.1) is 11.3 Å². The Morgan fingerprint density at radius 3 is 2.09 bits per heavy atom. The Morgan fingerprint density at radius 1 is 1.04 bits per heavy atom. The van der Waals surface area contributed by atoms with Gasteiger partial charge in [0.1, 0.15) is 0 Å². The largest absolute Gasteiger partial charge is 0.344 e. The number of hydrogen-bond acceptors (Lipinski definition) is 4. The van der Waals surface area contributed by atoms with Crippen LogP contribution < -0.4 is 0 Å². The molecule has 1 rings (SSSR count). The van der Waals surface area contributed by atoms with Gasteiger partial charge in [-0.15, -0.1) is 0 Å². The Labute approximate surface area is 141 Å². The molecule has 1 aliphatic carbocycles. The molecule has 1 saturated carbocycles. The molecule has 0 heterocycles. The summed E-state index contributed by atoms with van der Waals surface area (Å²) in [6.07, 6.45) is 2.56. The number of amides is 1. The van der Waals surface area contributed by atoms with Crippen LogP contribution in [0.15, 0.2) is 0 Å². The van der Waals surface area contributed by atoms with Crippen molar-refractivity contribution in [3.05, 3.63) is 0 Å². The zero-order chi connectivity index (χ0) is 17.8. The lowest BCUT2D eigenvalue weighted by Gasteiger charge is -2.43. The Balaban J connectivity index is 2.23. The van der Waals surface area contributed by atoms with E-state index in [1.165, 1.54) is 4.31 Å². The second-order valence-corrected chi connectivity index (χ2v) is 10.1. The summed E-state index contributed by atoms with van der Waals surface area (Å²) in [4.78, 5) is 16.2. The average molecular weight is 348 g/mol. The predicted octanol–water partition coefficient (Wildman–Crippen LogP) is 1.09. The van der Waals surface area contributed by atoms with Crippen molar-refractivity contribution in [2.45, 2.75) is 33.1 Å². The van der Waals surface area contributed by atoms with Crippen molar-refractivity contribution >= 4 is 15.9 Å². The van der Waals surface area contributed by atoms with E-state index in [0.717, 1.165) is 19.4 Å². The molecule has 6 nitrogen and oxygen atoms in total. The van der Waals surface area contributed by atoms with Crippen LogP contribution in [0.5, 0.6) is 0 Å². The topological polar surface area (TPSA) is 60.9 Å². The first-order valence-corrected chi connectivity index (χ1v) is 9.89.